The number of hydrogen-bond acceptors (Lipinski definition) is 2. The summed E-state index contributed by atoms with van der Waals surface area (Å²) in [4.78, 5) is 12.0. The largest absolute Gasteiger partial charge is 0.299 e. The van der Waals surface area contributed by atoms with Crippen molar-refractivity contribution < 1.29 is 4.79 Å². The van der Waals surface area contributed by atoms with Crippen molar-refractivity contribution in [2.75, 3.05) is 0 Å². The zero-order chi connectivity index (χ0) is 13.2. The molecule has 0 N–H and O–H groups in total. The molecule has 0 atom stereocenters. The van der Waals surface area contributed by atoms with Gasteiger partial charge in [-0.2, -0.15) is 5.26 Å². The first kappa shape index (κ1) is 14.7. The molecule has 0 aromatic carbocycles. The highest BCUT2D eigenvalue weighted by Crippen LogP contribution is 2.26. The lowest BCUT2D eigenvalue weighted by molar-refractivity contribution is -0.123. The molecule has 0 aromatic rings. The Bertz CT molecular complexity index is 343. The second-order valence-corrected chi connectivity index (χ2v) is 5.06. The zero-order valence-electron chi connectivity index (χ0n) is 11.2. The number of nitrogens with zero attached hydrogens (tertiary/aromatic N) is 1. The normalized spacial score (nSPS) is 16.6. The minimum atomic E-state index is 0.314. The summed E-state index contributed by atoms with van der Waals surface area (Å²) in [5.74, 6) is 0.732. The van der Waals surface area contributed by atoms with Crippen LogP contribution in [0.25, 0.3) is 0 Å². The lowest BCUT2D eigenvalue weighted by Gasteiger charge is -2.20. The molecule has 1 saturated carbocycles. The lowest BCUT2D eigenvalue weighted by atomic mass is 9.84. The van der Waals surface area contributed by atoms with Crippen molar-refractivity contribution in [3.63, 3.8) is 0 Å². The van der Waals surface area contributed by atoms with E-state index in [1.807, 2.05) is 12.2 Å². The molecule has 0 radical (unpaired) electrons. The number of nitriles is 1. The summed E-state index contributed by atoms with van der Waals surface area (Å²) < 4.78 is 0. The molecule has 18 heavy (non-hydrogen) atoms. The Balaban J connectivity index is 2.19. The Hall–Kier alpha value is -1.36. The predicted octanol–water partition coefficient (Wildman–Crippen LogP) is 4.33. The molecule has 0 aromatic heterocycles. The number of Topliss-reactive ketones (excluding diaryl/α,β-unsaturated/α-hetero) is 1. The van der Waals surface area contributed by atoms with Gasteiger partial charge in [0.25, 0.3) is 0 Å². The van der Waals surface area contributed by atoms with E-state index >= 15 is 0 Å². The van der Waals surface area contributed by atoms with Crippen molar-refractivity contribution in [2.45, 2.75) is 57.8 Å². The molecule has 1 fully saturated rings. The molecule has 0 heterocycles. The number of rotatable bonds is 7. The van der Waals surface area contributed by atoms with Crippen molar-refractivity contribution in [3.8, 4) is 6.07 Å². The van der Waals surface area contributed by atoms with E-state index in [1.165, 1.54) is 19.3 Å². The summed E-state index contributed by atoms with van der Waals surface area (Å²) in [7, 11) is 0. The maximum absolute atomic E-state index is 12.0. The summed E-state index contributed by atoms with van der Waals surface area (Å²) in [5, 5.41) is 8.40. The number of ketones is 1. The van der Waals surface area contributed by atoms with E-state index in [-0.39, 0.29) is 0 Å². The summed E-state index contributed by atoms with van der Waals surface area (Å²) in [6.45, 7) is 3.95. The maximum atomic E-state index is 12.0. The summed E-state index contributed by atoms with van der Waals surface area (Å²) in [6.07, 6.45) is 12.5. The molecule has 98 valence electrons. The van der Waals surface area contributed by atoms with E-state index in [9.17, 15) is 4.79 Å². The van der Waals surface area contributed by atoms with Crippen molar-refractivity contribution in [2.24, 2.45) is 5.92 Å². The van der Waals surface area contributed by atoms with Crippen LogP contribution in [0.5, 0.6) is 0 Å². The number of allylic oxidation sites excluding steroid dienone is 3. The van der Waals surface area contributed by atoms with E-state index in [0.717, 1.165) is 31.3 Å². The fourth-order valence-electron chi connectivity index (χ4n) is 2.39. The Labute approximate surface area is 110 Å². The second kappa shape index (κ2) is 8.69. The van der Waals surface area contributed by atoms with Crippen molar-refractivity contribution >= 4 is 5.78 Å². The molecule has 0 unspecified atom stereocenters. The Morgan fingerprint density at radius 3 is 2.67 bits per heavy atom. The van der Waals surface area contributed by atoms with Gasteiger partial charge in [0.15, 0.2) is 0 Å². The highest BCUT2D eigenvalue weighted by molar-refractivity contribution is 5.81. The van der Waals surface area contributed by atoms with Crippen molar-refractivity contribution in [3.05, 3.63) is 24.3 Å². The first-order chi connectivity index (χ1) is 8.74. The number of carbonyl (C=O) groups excluding carboxylic acids is 1. The van der Waals surface area contributed by atoms with Crippen LogP contribution in [0.1, 0.15) is 57.8 Å². The molecule has 1 aliphatic rings. The topological polar surface area (TPSA) is 40.9 Å². The van der Waals surface area contributed by atoms with Gasteiger partial charge >= 0.3 is 0 Å². The first-order valence-electron chi connectivity index (χ1n) is 6.98. The van der Waals surface area contributed by atoms with Crippen LogP contribution in [0.2, 0.25) is 0 Å². The first-order valence-corrected chi connectivity index (χ1v) is 6.98. The van der Waals surface area contributed by atoms with Crippen LogP contribution in [0.4, 0.5) is 0 Å². The summed E-state index contributed by atoms with van der Waals surface area (Å²) in [6, 6.07) is 2.10. The average Bonchev–Trinajstić information content (AvgIpc) is 2.42. The quantitative estimate of drug-likeness (QED) is 0.494. The van der Waals surface area contributed by atoms with Gasteiger partial charge in [0.1, 0.15) is 5.78 Å². The van der Waals surface area contributed by atoms with E-state index in [2.05, 4.69) is 12.6 Å². The van der Waals surface area contributed by atoms with Crippen LogP contribution in [-0.2, 0) is 4.79 Å². The van der Waals surface area contributed by atoms with Gasteiger partial charge in [0, 0.05) is 18.8 Å². The minimum absolute atomic E-state index is 0.314. The highest BCUT2D eigenvalue weighted by Gasteiger charge is 2.20. The molecule has 0 saturated heterocycles. The smallest absolute Gasteiger partial charge is 0.136 e. The number of hydrogen-bond donors (Lipinski definition) is 0. The average molecular weight is 245 g/mol. The number of carbonyl (C=O) groups is 1. The zero-order valence-corrected chi connectivity index (χ0v) is 11.2. The summed E-state index contributed by atoms with van der Waals surface area (Å²) >= 11 is 0. The van der Waals surface area contributed by atoms with Gasteiger partial charge in [-0.25, -0.2) is 0 Å². The third-order valence-electron chi connectivity index (χ3n) is 3.53. The third-order valence-corrected chi connectivity index (χ3v) is 3.53. The summed E-state index contributed by atoms with van der Waals surface area (Å²) in [5.41, 5.74) is 0.997. The second-order valence-electron chi connectivity index (χ2n) is 5.06. The number of unbranched alkanes of at least 4 members (excludes halogenated alkanes) is 1. The van der Waals surface area contributed by atoms with Gasteiger partial charge in [0.2, 0.25) is 0 Å². The predicted molar refractivity (Wildman–Crippen MR) is 73.9 cm³/mol. The molecular weight excluding hydrogens is 222 g/mol. The van der Waals surface area contributed by atoms with Crippen LogP contribution in [0.3, 0.4) is 0 Å². The van der Waals surface area contributed by atoms with Crippen LogP contribution in [-0.4, -0.2) is 5.78 Å². The van der Waals surface area contributed by atoms with Gasteiger partial charge < -0.3 is 0 Å². The fraction of sp³-hybridized carbons (Fsp3) is 0.625. The molecule has 2 nitrogen and oxygen atoms in total. The van der Waals surface area contributed by atoms with Crippen LogP contribution in [0, 0.1) is 17.2 Å². The van der Waals surface area contributed by atoms with Crippen LogP contribution in [0.15, 0.2) is 24.3 Å². The van der Waals surface area contributed by atoms with Crippen LogP contribution < -0.4 is 0 Å². The lowest BCUT2D eigenvalue weighted by Crippen LogP contribution is -2.17. The highest BCUT2D eigenvalue weighted by atomic mass is 16.1. The SMILES string of the molecule is C=C(/C=C/CCC#N)CCC(=O)C1CCCCC1. The van der Waals surface area contributed by atoms with Gasteiger partial charge in [0.05, 0.1) is 6.07 Å². The maximum Gasteiger partial charge on any atom is 0.136 e. The fourth-order valence-corrected chi connectivity index (χ4v) is 2.39. The molecular formula is C16H23NO. The molecule has 1 rings (SSSR count). The molecule has 0 amide bonds. The van der Waals surface area contributed by atoms with Gasteiger partial charge in [-0.3, -0.25) is 4.79 Å². The molecule has 0 bridgehead atoms. The molecule has 0 aliphatic heterocycles. The Morgan fingerprint density at radius 1 is 1.28 bits per heavy atom. The standard InChI is InChI=1S/C16H23NO/c1-14(8-4-3-7-13-17)11-12-16(18)15-9-5-2-6-10-15/h4,8,15H,1-3,5-7,9-12H2/b8-4+. The molecule has 2 heteroatoms. The van der Waals surface area contributed by atoms with Gasteiger partial charge in [-0.1, -0.05) is 43.6 Å². The Morgan fingerprint density at radius 2 is 2.00 bits per heavy atom. The van der Waals surface area contributed by atoms with Crippen molar-refractivity contribution in [1.29, 1.82) is 5.26 Å². The van der Waals surface area contributed by atoms with Gasteiger partial charge in [-0.15, -0.1) is 0 Å². The monoisotopic (exact) mass is 245 g/mol. The molecule has 0 spiro atoms. The van der Waals surface area contributed by atoms with Crippen LogP contribution >= 0.6 is 0 Å². The Kier molecular flexibility index (Phi) is 7.10. The minimum Gasteiger partial charge on any atom is -0.299 e. The van der Waals surface area contributed by atoms with E-state index in [0.29, 0.717) is 24.5 Å². The van der Waals surface area contributed by atoms with E-state index in [1.54, 1.807) is 0 Å². The van der Waals surface area contributed by atoms with E-state index < -0.39 is 0 Å². The molecule has 1 aliphatic carbocycles. The van der Waals surface area contributed by atoms with Gasteiger partial charge in [-0.05, 0) is 25.7 Å². The van der Waals surface area contributed by atoms with Crippen molar-refractivity contribution in [1.82, 2.24) is 0 Å². The third kappa shape index (κ3) is 5.82. The van der Waals surface area contributed by atoms with E-state index in [4.69, 9.17) is 5.26 Å².